The van der Waals surface area contributed by atoms with E-state index in [2.05, 4.69) is 15.0 Å². The summed E-state index contributed by atoms with van der Waals surface area (Å²) in [7, 11) is 0. The molecule has 0 saturated carbocycles. The molecule has 10 nitrogen and oxygen atoms in total. The summed E-state index contributed by atoms with van der Waals surface area (Å²) >= 11 is 0. The van der Waals surface area contributed by atoms with Gasteiger partial charge in [-0.1, -0.05) is 6.08 Å². The van der Waals surface area contributed by atoms with Crippen molar-refractivity contribution in [3.05, 3.63) is 42.7 Å². The summed E-state index contributed by atoms with van der Waals surface area (Å²) in [6.07, 6.45) is 6.66. The van der Waals surface area contributed by atoms with Crippen LogP contribution in [-0.4, -0.2) is 59.5 Å². The van der Waals surface area contributed by atoms with E-state index in [1.807, 2.05) is 10.7 Å². The molecule has 4 aromatic rings. The van der Waals surface area contributed by atoms with Gasteiger partial charge < -0.3 is 20.7 Å². The molecule has 1 aliphatic heterocycles. The summed E-state index contributed by atoms with van der Waals surface area (Å²) < 4.78 is 1.84. The molecule has 4 N–H and O–H groups in total. The Morgan fingerprint density at radius 1 is 1.26 bits per heavy atom. The van der Waals surface area contributed by atoms with Gasteiger partial charge in [0.05, 0.1) is 17.1 Å². The lowest BCUT2D eigenvalue weighted by molar-refractivity contribution is -0.134. The fourth-order valence-corrected chi connectivity index (χ4v) is 4.72. The van der Waals surface area contributed by atoms with Crippen molar-refractivity contribution in [2.75, 3.05) is 18.8 Å². The number of piperidine rings is 1. The van der Waals surface area contributed by atoms with E-state index in [-0.39, 0.29) is 36.3 Å². The molecule has 0 radical (unpaired) electrons. The highest BCUT2D eigenvalue weighted by Crippen LogP contribution is 2.35. The van der Waals surface area contributed by atoms with Crippen LogP contribution >= 0.6 is 0 Å². The number of hydrogen-bond acceptors (Lipinski definition) is 7. The second-order valence-corrected chi connectivity index (χ2v) is 8.81. The van der Waals surface area contributed by atoms with Gasteiger partial charge in [0.1, 0.15) is 23.6 Å². The number of anilines is 1. The average molecular weight is 474 g/mol. The number of allylic oxidation sites excluding steroid dienone is 2. The molecular weight excluding hydrogens is 446 g/mol. The fourth-order valence-electron chi connectivity index (χ4n) is 4.72. The Labute approximate surface area is 201 Å². The van der Waals surface area contributed by atoms with E-state index in [1.54, 1.807) is 36.1 Å². The van der Waals surface area contributed by atoms with E-state index in [0.29, 0.717) is 35.6 Å². The lowest BCUT2D eigenvalue weighted by atomic mass is 10.0. The standard InChI is InChI=1S/C25H27N7O3/c1-2-4-17(33)7-9-21(35)31-10-3-5-16(13-31)32-25-22(24(26)27-14-28-25)23(30-32)20-12-15-11-18(34)6-8-19(15)29-20/h2,4,6,8,11-12,14,16,29,34H,3,5,7,9-10,13H2,1H3,(H2,26,27,28)/b4-2+/t16-/m1/s1. The minimum Gasteiger partial charge on any atom is -0.508 e. The van der Waals surface area contributed by atoms with Crippen molar-refractivity contribution < 1.29 is 14.7 Å². The number of nitrogens with zero attached hydrogens (tertiary/aromatic N) is 5. The van der Waals surface area contributed by atoms with Gasteiger partial charge in [-0.15, -0.1) is 0 Å². The number of ketones is 1. The van der Waals surface area contributed by atoms with Crippen LogP contribution < -0.4 is 5.73 Å². The third-order valence-electron chi connectivity index (χ3n) is 6.41. The molecule has 0 aliphatic carbocycles. The number of amides is 1. The molecule has 0 bridgehead atoms. The Morgan fingerprint density at radius 3 is 2.94 bits per heavy atom. The highest BCUT2D eigenvalue weighted by atomic mass is 16.3. The van der Waals surface area contributed by atoms with Crippen molar-refractivity contribution in [2.24, 2.45) is 0 Å². The number of carbonyl (C=O) groups excluding carboxylic acids is 2. The van der Waals surface area contributed by atoms with Crippen LogP contribution in [0.15, 0.2) is 42.7 Å². The van der Waals surface area contributed by atoms with Gasteiger partial charge in [0.25, 0.3) is 0 Å². The highest BCUT2D eigenvalue weighted by molar-refractivity contribution is 6.00. The number of aromatic hydroxyl groups is 1. The minimum absolute atomic E-state index is 0.0335. The van der Waals surface area contributed by atoms with Crippen LogP contribution in [0.2, 0.25) is 0 Å². The molecule has 180 valence electrons. The van der Waals surface area contributed by atoms with E-state index in [1.165, 1.54) is 12.4 Å². The van der Waals surface area contributed by atoms with Crippen LogP contribution in [0.25, 0.3) is 33.3 Å². The first-order valence-corrected chi connectivity index (χ1v) is 11.7. The molecule has 1 atom stereocenters. The Balaban J connectivity index is 1.47. The molecule has 0 unspecified atom stereocenters. The number of carbonyl (C=O) groups is 2. The molecular formula is C25H27N7O3. The number of phenolic OH excluding ortho intramolecular Hbond substituents is 1. The number of fused-ring (bicyclic) bond motifs is 2. The third-order valence-corrected chi connectivity index (χ3v) is 6.41. The number of aromatic nitrogens is 5. The van der Waals surface area contributed by atoms with Gasteiger partial charge in [0, 0.05) is 36.8 Å². The number of likely N-dealkylation sites (tertiary alicyclic amines) is 1. The lowest BCUT2D eigenvalue weighted by Crippen LogP contribution is -2.41. The van der Waals surface area contributed by atoms with Gasteiger partial charge >= 0.3 is 0 Å². The van der Waals surface area contributed by atoms with E-state index in [4.69, 9.17) is 10.8 Å². The van der Waals surface area contributed by atoms with E-state index >= 15 is 0 Å². The summed E-state index contributed by atoms with van der Waals surface area (Å²) in [5.74, 6) is 0.425. The maximum atomic E-state index is 12.8. The van der Waals surface area contributed by atoms with Gasteiger partial charge in [-0.2, -0.15) is 5.10 Å². The van der Waals surface area contributed by atoms with Gasteiger partial charge in [-0.25, -0.2) is 14.6 Å². The van der Waals surface area contributed by atoms with Crippen LogP contribution in [0.1, 0.15) is 38.6 Å². The molecule has 10 heteroatoms. The zero-order valence-corrected chi connectivity index (χ0v) is 19.4. The van der Waals surface area contributed by atoms with Crippen molar-refractivity contribution >= 4 is 39.4 Å². The van der Waals surface area contributed by atoms with Gasteiger partial charge in [-0.3, -0.25) is 9.59 Å². The molecule has 1 fully saturated rings. The minimum atomic E-state index is -0.0853. The van der Waals surface area contributed by atoms with Crippen molar-refractivity contribution in [1.29, 1.82) is 0 Å². The molecule has 5 rings (SSSR count). The average Bonchev–Trinajstić information content (AvgIpc) is 3.45. The molecule has 35 heavy (non-hydrogen) atoms. The third kappa shape index (κ3) is 4.34. The number of benzene rings is 1. The number of rotatable bonds is 6. The molecule has 1 saturated heterocycles. The Bertz CT molecular complexity index is 1450. The van der Waals surface area contributed by atoms with Crippen molar-refractivity contribution in [3.63, 3.8) is 0 Å². The number of nitrogen functional groups attached to an aromatic ring is 1. The van der Waals surface area contributed by atoms with Gasteiger partial charge in [0.2, 0.25) is 5.91 Å². The summed E-state index contributed by atoms with van der Waals surface area (Å²) in [5.41, 5.74) is 9.09. The zero-order chi connectivity index (χ0) is 24.5. The summed E-state index contributed by atoms with van der Waals surface area (Å²) in [5, 5.41) is 16.2. The quantitative estimate of drug-likeness (QED) is 0.364. The number of aromatic amines is 1. The maximum Gasteiger partial charge on any atom is 0.223 e. The number of nitrogens with two attached hydrogens (primary N) is 1. The summed E-state index contributed by atoms with van der Waals surface area (Å²) in [6.45, 7) is 2.92. The molecule has 1 aliphatic rings. The van der Waals surface area contributed by atoms with Crippen LogP contribution in [0.5, 0.6) is 5.75 Å². The van der Waals surface area contributed by atoms with Crippen LogP contribution in [0, 0.1) is 0 Å². The van der Waals surface area contributed by atoms with E-state index < -0.39 is 0 Å². The molecule has 3 aromatic heterocycles. The predicted octanol–water partition coefficient (Wildman–Crippen LogP) is 3.35. The first-order valence-electron chi connectivity index (χ1n) is 11.7. The van der Waals surface area contributed by atoms with Gasteiger partial charge in [-0.05, 0) is 50.1 Å². The normalized spacial score (nSPS) is 16.5. The highest BCUT2D eigenvalue weighted by Gasteiger charge is 2.29. The second kappa shape index (κ2) is 9.21. The van der Waals surface area contributed by atoms with E-state index in [9.17, 15) is 14.7 Å². The van der Waals surface area contributed by atoms with E-state index in [0.717, 1.165) is 29.4 Å². The Hall–Kier alpha value is -4.21. The first-order chi connectivity index (χ1) is 16.9. The monoisotopic (exact) mass is 473 g/mol. The number of nitrogens with one attached hydrogen (secondary N) is 1. The van der Waals surface area contributed by atoms with Crippen LogP contribution in [0.4, 0.5) is 5.82 Å². The number of phenols is 1. The van der Waals surface area contributed by atoms with Crippen LogP contribution in [-0.2, 0) is 9.59 Å². The lowest BCUT2D eigenvalue weighted by Gasteiger charge is -2.33. The molecule has 1 amide bonds. The maximum absolute atomic E-state index is 12.8. The number of H-pyrrole nitrogens is 1. The first kappa shape index (κ1) is 22.6. The summed E-state index contributed by atoms with van der Waals surface area (Å²) in [6, 6.07) is 6.93. The molecule has 1 aromatic carbocycles. The zero-order valence-electron chi connectivity index (χ0n) is 19.4. The largest absolute Gasteiger partial charge is 0.508 e. The van der Waals surface area contributed by atoms with Crippen LogP contribution in [0.3, 0.4) is 0 Å². The fraction of sp³-hybridized carbons (Fsp3) is 0.320. The number of hydrogen-bond donors (Lipinski definition) is 3. The smallest absolute Gasteiger partial charge is 0.223 e. The molecule has 4 heterocycles. The molecule has 0 spiro atoms. The van der Waals surface area contributed by atoms with Crippen molar-refractivity contribution in [2.45, 2.75) is 38.6 Å². The van der Waals surface area contributed by atoms with Crippen molar-refractivity contribution in [1.82, 2.24) is 29.6 Å². The Morgan fingerprint density at radius 2 is 2.11 bits per heavy atom. The predicted molar refractivity (Wildman–Crippen MR) is 133 cm³/mol. The SMILES string of the molecule is C/C=C/C(=O)CCC(=O)N1CCC[C@@H](n2nc(-c3cc4cc(O)ccc4[nH]3)c3c(N)ncnc32)C1. The topological polar surface area (TPSA) is 143 Å². The second-order valence-electron chi connectivity index (χ2n) is 8.81. The Kier molecular flexibility index (Phi) is 5.94. The van der Waals surface area contributed by atoms with Crippen molar-refractivity contribution in [3.8, 4) is 17.1 Å². The van der Waals surface area contributed by atoms with Gasteiger partial charge in [0.15, 0.2) is 11.4 Å². The summed E-state index contributed by atoms with van der Waals surface area (Å²) in [4.78, 5) is 38.4.